The van der Waals surface area contributed by atoms with Crippen LogP contribution < -0.4 is 5.84 Å². The number of fused-ring (bicyclic) bond motifs is 1. The van der Waals surface area contributed by atoms with Crippen LogP contribution in [0.3, 0.4) is 0 Å². The average Bonchev–Trinajstić information content (AvgIpc) is 2.64. The van der Waals surface area contributed by atoms with Gasteiger partial charge in [-0.1, -0.05) is 13.3 Å². The van der Waals surface area contributed by atoms with Gasteiger partial charge in [-0.05, 0) is 18.8 Å². The lowest BCUT2D eigenvalue weighted by molar-refractivity contribution is -0.140. The minimum atomic E-state index is -0.175. The number of rotatable bonds is 1. The molecule has 0 spiro atoms. The molecule has 1 aliphatic carbocycles. The highest BCUT2D eigenvalue weighted by molar-refractivity contribution is 6.04. The Kier molecular flexibility index (Phi) is 1.87. The molecule has 2 fully saturated rings. The molecule has 0 aromatic rings. The van der Waals surface area contributed by atoms with Crippen LogP contribution in [0.4, 0.5) is 0 Å². The summed E-state index contributed by atoms with van der Waals surface area (Å²) in [5.74, 6) is 5.30. The minimum absolute atomic E-state index is 0.109. The molecule has 0 aromatic carbocycles. The summed E-state index contributed by atoms with van der Waals surface area (Å²) < 4.78 is 0. The van der Waals surface area contributed by atoms with E-state index in [0.29, 0.717) is 5.92 Å². The van der Waals surface area contributed by atoms with Gasteiger partial charge in [0.2, 0.25) is 11.8 Å². The molecule has 2 N–H and O–H groups in total. The molecule has 1 heterocycles. The first kappa shape index (κ1) is 8.69. The third kappa shape index (κ3) is 1.09. The van der Waals surface area contributed by atoms with Gasteiger partial charge in [-0.2, -0.15) is 0 Å². The predicted octanol–water partition coefficient (Wildman–Crippen LogP) is 0.281. The first-order chi connectivity index (χ1) is 6.15. The summed E-state index contributed by atoms with van der Waals surface area (Å²) in [5.41, 5.74) is 0. The molecule has 2 amide bonds. The van der Waals surface area contributed by atoms with Gasteiger partial charge >= 0.3 is 0 Å². The Balaban J connectivity index is 2.18. The van der Waals surface area contributed by atoms with Crippen LogP contribution in [0.15, 0.2) is 0 Å². The number of hydrogen-bond donors (Lipinski definition) is 1. The maximum absolute atomic E-state index is 11.4. The molecular weight excluding hydrogens is 168 g/mol. The topological polar surface area (TPSA) is 63.4 Å². The first-order valence-corrected chi connectivity index (χ1v) is 4.77. The third-order valence-electron chi connectivity index (χ3n) is 3.35. The molecule has 4 nitrogen and oxygen atoms in total. The molecule has 0 bridgehead atoms. The summed E-state index contributed by atoms with van der Waals surface area (Å²) in [7, 11) is 0. The van der Waals surface area contributed by atoms with Gasteiger partial charge in [-0.15, -0.1) is 0 Å². The minimum Gasteiger partial charge on any atom is -0.273 e. The Hall–Kier alpha value is -0.900. The van der Waals surface area contributed by atoms with Crippen molar-refractivity contribution in [2.45, 2.75) is 26.2 Å². The molecular formula is C9H14N2O2. The second-order valence-corrected chi connectivity index (χ2v) is 4.01. The van der Waals surface area contributed by atoms with Crippen molar-refractivity contribution in [2.75, 3.05) is 0 Å². The Bertz CT molecular complexity index is 240. The van der Waals surface area contributed by atoms with Gasteiger partial charge in [0, 0.05) is 0 Å². The highest BCUT2D eigenvalue weighted by atomic mass is 16.2. The first-order valence-electron chi connectivity index (χ1n) is 4.77. The van der Waals surface area contributed by atoms with E-state index in [0.717, 1.165) is 24.3 Å². The maximum atomic E-state index is 11.4. The molecule has 1 saturated heterocycles. The Labute approximate surface area is 77.0 Å². The maximum Gasteiger partial charge on any atom is 0.247 e. The lowest BCUT2D eigenvalue weighted by Gasteiger charge is -2.10. The molecule has 2 unspecified atom stereocenters. The fourth-order valence-electron chi connectivity index (χ4n) is 2.49. The summed E-state index contributed by atoms with van der Waals surface area (Å²) in [6.45, 7) is 2.10. The van der Waals surface area contributed by atoms with Crippen LogP contribution in [-0.4, -0.2) is 16.8 Å². The molecule has 2 rings (SSSR count). The second kappa shape index (κ2) is 2.80. The van der Waals surface area contributed by atoms with Gasteiger partial charge in [0.15, 0.2) is 0 Å². The molecule has 2 atom stereocenters. The van der Waals surface area contributed by atoms with E-state index in [1.165, 1.54) is 0 Å². The van der Waals surface area contributed by atoms with Crippen molar-refractivity contribution in [1.29, 1.82) is 0 Å². The standard InChI is InChI=1S/C9H14N2O2/c1-2-5-3-6-7(4-5)9(13)11(10)8(6)12/h5-7H,2-4,10H2,1H3. The summed E-state index contributed by atoms with van der Waals surface area (Å²) in [6, 6.07) is 0. The van der Waals surface area contributed by atoms with Gasteiger partial charge < -0.3 is 0 Å². The molecule has 1 saturated carbocycles. The summed E-state index contributed by atoms with van der Waals surface area (Å²) in [5, 5.41) is 0.807. The average molecular weight is 182 g/mol. The van der Waals surface area contributed by atoms with E-state index in [9.17, 15) is 9.59 Å². The molecule has 0 aromatic heterocycles. The van der Waals surface area contributed by atoms with Crippen LogP contribution in [-0.2, 0) is 9.59 Å². The van der Waals surface area contributed by atoms with Crippen LogP contribution >= 0.6 is 0 Å². The SMILES string of the molecule is CCC1CC2C(=O)N(N)C(=O)C2C1. The molecule has 2 aliphatic rings. The number of hydrogen-bond acceptors (Lipinski definition) is 3. The lowest BCUT2D eigenvalue weighted by atomic mass is 10.00. The number of nitrogens with zero attached hydrogens (tertiary/aromatic N) is 1. The van der Waals surface area contributed by atoms with Gasteiger partial charge in [0.25, 0.3) is 0 Å². The number of hydrazine groups is 1. The Morgan fingerprint density at radius 3 is 2.15 bits per heavy atom. The van der Waals surface area contributed by atoms with E-state index < -0.39 is 0 Å². The van der Waals surface area contributed by atoms with Crippen LogP contribution in [0.5, 0.6) is 0 Å². The van der Waals surface area contributed by atoms with Crippen molar-refractivity contribution >= 4 is 11.8 Å². The fourth-order valence-corrected chi connectivity index (χ4v) is 2.49. The third-order valence-corrected chi connectivity index (χ3v) is 3.35. The predicted molar refractivity (Wildman–Crippen MR) is 46.0 cm³/mol. The van der Waals surface area contributed by atoms with E-state index in [2.05, 4.69) is 6.92 Å². The fraction of sp³-hybridized carbons (Fsp3) is 0.778. The normalized spacial score (nSPS) is 38.6. The molecule has 4 heteroatoms. The molecule has 1 aliphatic heterocycles. The largest absolute Gasteiger partial charge is 0.273 e. The van der Waals surface area contributed by atoms with Gasteiger partial charge in [0.05, 0.1) is 11.8 Å². The van der Waals surface area contributed by atoms with Gasteiger partial charge in [0.1, 0.15) is 0 Å². The molecule has 13 heavy (non-hydrogen) atoms. The number of amides is 2. The zero-order valence-corrected chi connectivity index (χ0v) is 7.69. The number of imide groups is 1. The van der Waals surface area contributed by atoms with Crippen molar-refractivity contribution in [3.8, 4) is 0 Å². The monoisotopic (exact) mass is 182 g/mol. The van der Waals surface area contributed by atoms with Gasteiger partial charge in [-0.25, -0.2) is 10.9 Å². The zero-order chi connectivity index (χ0) is 9.59. The van der Waals surface area contributed by atoms with Crippen LogP contribution in [0.25, 0.3) is 0 Å². The smallest absolute Gasteiger partial charge is 0.247 e. The quantitative estimate of drug-likeness (QED) is 0.360. The number of nitrogens with two attached hydrogens (primary N) is 1. The van der Waals surface area contributed by atoms with E-state index in [1.807, 2.05) is 0 Å². The molecule has 0 radical (unpaired) electrons. The number of carbonyl (C=O) groups excluding carboxylic acids is 2. The zero-order valence-electron chi connectivity index (χ0n) is 7.69. The van der Waals surface area contributed by atoms with Crippen molar-refractivity contribution < 1.29 is 9.59 Å². The van der Waals surface area contributed by atoms with E-state index in [4.69, 9.17) is 5.84 Å². The van der Waals surface area contributed by atoms with Crippen molar-refractivity contribution in [3.05, 3.63) is 0 Å². The highest BCUT2D eigenvalue weighted by Crippen LogP contribution is 2.43. The van der Waals surface area contributed by atoms with Crippen molar-refractivity contribution in [2.24, 2.45) is 23.6 Å². The summed E-state index contributed by atoms with van der Waals surface area (Å²) in [6.07, 6.45) is 2.75. The van der Waals surface area contributed by atoms with Crippen LogP contribution in [0, 0.1) is 17.8 Å². The highest BCUT2D eigenvalue weighted by Gasteiger charge is 2.51. The van der Waals surface area contributed by atoms with E-state index >= 15 is 0 Å². The van der Waals surface area contributed by atoms with Crippen molar-refractivity contribution in [3.63, 3.8) is 0 Å². The summed E-state index contributed by atoms with van der Waals surface area (Å²) in [4.78, 5) is 22.9. The van der Waals surface area contributed by atoms with E-state index in [-0.39, 0.29) is 23.7 Å². The summed E-state index contributed by atoms with van der Waals surface area (Å²) >= 11 is 0. The second-order valence-electron chi connectivity index (χ2n) is 4.01. The number of carbonyl (C=O) groups is 2. The Morgan fingerprint density at radius 1 is 1.31 bits per heavy atom. The van der Waals surface area contributed by atoms with Crippen LogP contribution in [0.1, 0.15) is 26.2 Å². The van der Waals surface area contributed by atoms with Crippen LogP contribution in [0.2, 0.25) is 0 Å². The van der Waals surface area contributed by atoms with E-state index in [1.54, 1.807) is 0 Å². The lowest BCUT2D eigenvalue weighted by Crippen LogP contribution is -2.38. The molecule has 72 valence electrons. The Morgan fingerprint density at radius 2 is 1.77 bits per heavy atom. The van der Waals surface area contributed by atoms with Gasteiger partial charge in [-0.3, -0.25) is 9.59 Å². The van der Waals surface area contributed by atoms with Crippen molar-refractivity contribution in [1.82, 2.24) is 5.01 Å².